The second-order valence-electron chi connectivity index (χ2n) is 3.57. The Morgan fingerprint density at radius 2 is 2.06 bits per heavy atom. The zero-order valence-corrected chi connectivity index (χ0v) is 9.44. The summed E-state index contributed by atoms with van der Waals surface area (Å²) in [6.07, 6.45) is 2.53. The summed E-state index contributed by atoms with van der Waals surface area (Å²) in [5.41, 5.74) is 2.96. The van der Waals surface area contributed by atoms with Crippen LogP contribution in [0.15, 0.2) is 30.5 Å². The lowest BCUT2D eigenvalue weighted by atomic mass is 10.2. The molecule has 0 aliphatic heterocycles. The SMILES string of the molecule is CNc1nc(C)cc(Cc2ccccn2)n1. The third-order valence-corrected chi connectivity index (χ3v) is 2.22. The number of aryl methyl sites for hydroxylation is 1. The van der Waals surface area contributed by atoms with E-state index in [0.717, 1.165) is 23.5 Å². The van der Waals surface area contributed by atoms with Crippen molar-refractivity contribution in [2.45, 2.75) is 13.3 Å². The van der Waals surface area contributed by atoms with Gasteiger partial charge in [-0.25, -0.2) is 9.97 Å². The Morgan fingerprint density at radius 1 is 1.19 bits per heavy atom. The molecule has 0 saturated heterocycles. The quantitative estimate of drug-likeness (QED) is 0.846. The number of nitrogens with one attached hydrogen (secondary N) is 1. The molecule has 0 radical (unpaired) electrons. The number of anilines is 1. The predicted molar refractivity (Wildman–Crippen MR) is 63.4 cm³/mol. The van der Waals surface area contributed by atoms with Crippen LogP contribution in [-0.2, 0) is 6.42 Å². The summed E-state index contributed by atoms with van der Waals surface area (Å²) in [6.45, 7) is 1.96. The second-order valence-corrected chi connectivity index (χ2v) is 3.57. The Bertz CT molecular complexity index is 468. The Morgan fingerprint density at radius 3 is 2.75 bits per heavy atom. The molecule has 16 heavy (non-hydrogen) atoms. The van der Waals surface area contributed by atoms with Crippen molar-refractivity contribution in [1.29, 1.82) is 0 Å². The molecule has 1 N–H and O–H groups in total. The van der Waals surface area contributed by atoms with Crippen molar-refractivity contribution in [2.75, 3.05) is 12.4 Å². The van der Waals surface area contributed by atoms with Crippen LogP contribution in [0.3, 0.4) is 0 Å². The van der Waals surface area contributed by atoms with E-state index in [1.807, 2.05) is 38.2 Å². The standard InChI is InChI=1S/C12H14N4/c1-9-7-11(16-12(13-2)15-9)8-10-5-3-4-6-14-10/h3-7H,8H2,1-2H3,(H,13,15,16). The van der Waals surface area contributed by atoms with Crippen molar-refractivity contribution in [3.63, 3.8) is 0 Å². The lowest BCUT2D eigenvalue weighted by molar-refractivity contribution is 0.970. The van der Waals surface area contributed by atoms with Gasteiger partial charge in [0, 0.05) is 31.1 Å². The number of hydrogen-bond acceptors (Lipinski definition) is 4. The number of rotatable bonds is 3. The monoisotopic (exact) mass is 214 g/mol. The molecular formula is C12H14N4. The van der Waals surface area contributed by atoms with Gasteiger partial charge in [-0.3, -0.25) is 4.98 Å². The first-order valence-corrected chi connectivity index (χ1v) is 5.20. The molecule has 2 aromatic heterocycles. The van der Waals surface area contributed by atoms with E-state index < -0.39 is 0 Å². The van der Waals surface area contributed by atoms with E-state index in [9.17, 15) is 0 Å². The highest BCUT2D eigenvalue weighted by Gasteiger charge is 2.02. The molecule has 4 nitrogen and oxygen atoms in total. The number of nitrogens with zero attached hydrogens (tertiary/aromatic N) is 3. The van der Waals surface area contributed by atoms with Gasteiger partial charge >= 0.3 is 0 Å². The molecule has 0 amide bonds. The van der Waals surface area contributed by atoms with Gasteiger partial charge in [0.15, 0.2) is 0 Å². The molecule has 0 fully saturated rings. The molecular weight excluding hydrogens is 200 g/mol. The van der Waals surface area contributed by atoms with Gasteiger partial charge in [0.2, 0.25) is 5.95 Å². The minimum Gasteiger partial charge on any atom is -0.357 e. The summed E-state index contributed by atoms with van der Waals surface area (Å²) >= 11 is 0. The Hall–Kier alpha value is -1.97. The highest BCUT2D eigenvalue weighted by Crippen LogP contribution is 2.08. The van der Waals surface area contributed by atoms with E-state index in [4.69, 9.17) is 0 Å². The van der Waals surface area contributed by atoms with Crippen molar-refractivity contribution in [3.05, 3.63) is 47.5 Å². The number of pyridine rings is 1. The smallest absolute Gasteiger partial charge is 0.222 e. The first-order chi connectivity index (χ1) is 7.78. The molecule has 0 saturated carbocycles. The minimum absolute atomic E-state index is 0.658. The largest absolute Gasteiger partial charge is 0.357 e. The number of hydrogen-bond donors (Lipinski definition) is 1. The summed E-state index contributed by atoms with van der Waals surface area (Å²) in [5.74, 6) is 0.658. The van der Waals surface area contributed by atoms with Gasteiger partial charge in [0.1, 0.15) is 0 Å². The molecule has 0 unspecified atom stereocenters. The summed E-state index contributed by atoms with van der Waals surface area (Å²) in [6, 6.07) is 7.87. The van der Waals surface area contributed by atoms with Crippen LogP contribution in [-0.4, -0.2) is 22.0 Å². The van der Waals surface area contributed by atoms with Crippen molar-refractivity contribution in [3.8, 4) is 0 Å². The van der Waals surface area contributed by atoms with E-state index in [1.54, 1.807) is 6.20 Å². The van der Waals surface area contributed by atoms with Crippen molar-refractivity contribution in [2.24, 2.45) is 0 Å². The summed E-state index contributed by atoms with van der Waals surface area (Å²) in [5, 5.41) is 2.95. The average molecular weight is 214 g/mol. The van der Waals surface area contributed by atoms with Crippen molar-refractivity contribution < 1.29 is 0 Å². The summed E-state index contributed by atoms with van der Waals surface area (Å²) < 4.78 is 0. The fourth-order valence-corrected chi connectivity index (χ4v) is 1.52. The zero-order valence-electron chi connectivity index (χ0n) is 9.44. The van der Waals surface area contributed by atoms with E-state index in [0.29, 0.717) is 5.95 Å². The van der Waals surface area contributed by atoms with Gasteiger partial charge < -0.3 is 5.32 Å². The molecule has 0 aromatic carbocycles. The first kappa shape index (κ1) is 10.5. The highest BCUT2D eigenvalue weighted by molar-refractivity contribution is 5.28. The average Bonchev–Trinajstić information content (AvgIpc) is 2.29. The Balaban J connectivity index is 2.24. The van der Waals surface area contributed by atoms with Crippen LogP contribution in [0, 0.1) is 6.92 Å². The molecule has 2 heterocycles. The predicted octanol–water partition coefficient (Wildman–Crippen LogP) is 1.81. The Kier molecular flexibility index (Phi) is 3.10. The van der Waals surface area contributed by atoms with Gasteiger partial charge in [-0.15, -0.1) is 0 Å². The topological polar surface area (TPSA) is 50.7 Å². The van der Waals surface area contributed by atoms with Crippen molar-refractivity contribution in [1.82, 2.24) is 15.0 Å². The molecule has 0 bridgehead atoms. The van der Waals surface area contributed by atoms with Crippen LogP contribution in [0.1, 0.15) is 17.1 Å². The fraction of sp³-hybridized carbons (Fsp3) is 0.250. The molecule has 2 aromatic rings. The number of aromatic nitrogens is 3. The van der Waals surface area contributed by atoms with E-state index in [-0.39, 0.29) is 0 Å². The minimum atomic E-state index is 0.658. The lowest BCUT2D eigenvalue weighted by Gasteiger charge is -2.04. The first-order valence-electron chi connectivity index (χ1n) is 5.20. The van der Waals surface area contributed by atoms with Gasteiger partial charge in [-0.05, 0) is 25.1 Å². The molecule has 0 spiro atoms. The molecule has 4 heteroatoms. The Labute approximate surface area is 94.8 Å². The van der Waals surface area contributed by atoms with Crippen molar-refractivity contribution >= 4 is 5.95 Å². The maximum Gasteiger partial charge on any atom is 0.222 e. The van der Waals surface area contributed by atoms with Gasteiger partial charge in [0.25, 0.3) is 0 Å². The molecule has 0 aliphatic rings. The van der Waals surface area contributed by atoms with E-state index in [1.165, 1.54) is 0 Å². The van der Waals surface area contributed by atoms with Gasteiger partial charge in [-0.2, -0.15) is 0 Å². The fourth-order valence-electron chi connectivity index (χ4n) is 1.52. The molecule has 2 rings (SSSR count). The van der Waals surface area contributed by atoms with Crippen LogP contribution >= 0.6 is 0 Å². The second kappa shape index (κ2) is 4.70. The van der Waals surface area contributed by atoms with Crippen LogP contribution in [0.25, 0.3) is 0 Å². The molecule has 82 valence electrons. The zero-order chi connectivity index (χ0) is 11.4. The van der Waals surface area contributed by atoms with Crippen LogP contribution in [0.5, 0.6) is 0 Å². The lowest BCUT2D eigenvalue weighted by Crippen LogP contribution is -2.02. The maximum absolute atomic E-state index is 4.39. The van der Waals surface area contributed by atoms with E-state index in [2.05, 4.69) is 20.3 Å². The normalized spacial score (nSPS) is 10.1. The third-order valence-electron chi connectivity index (χ3n) is 2.22. The van der Waals surface area contributed by atoms with E-state index >= 15 is 0 Å². The summed E-state index contributed by atoms with van der Waals surface area (Å²) in [7, 11) is 1.82. The van der Waals surface area contributed by atoms with Gasteiger partial charge in [-0.1, -0.05) is 6.07 Å². The molecule has 0 atom stereocenters. The highest BCUT2D eigenvalue weighted by atomic mass is 15.1. The van der Waals surface area contributed by atoms with Crippen LogP contribution in [0.2, 0.25) is 0 Å². The third kappa shape index (κ3) is 2.53. The van der Waals surface area contributed by atoms with Gasteiger partial charge in [0.05, 0.1) is 5.69 Å². The van der Waals surface area contributed by atoms with Crippen LogP contribution in [0.4, 0.5) is 5.95 Å². The van der Waals surface area contributed by atoms with Crippen LogP contribution < -0.4 is 5.32 Å². The maximum atomic E-state index is 4.39. The summed E-state index contributed by atoms with van der Waals surface area (Å²) in [4.78, 5) is 12.9. The molecule has 0 aliphatic carbocycles.